The van der Waals surface area contributed by atoms with Crippen LogP contribution in [0.1, 0.15) is 66.2 Å². The summed E-state index contributed by atoms with van der Waals surface area (Å²) in [7, 11) is 0. The van der Waals surface area contributed by atoms with Gasteiger partial charge in [0, 0.05) is 43.3 Å². The standard InChI is InChI=1S/C24H29ClN6O3S/c1-14(2)30-9-7-16(8-10-30)26-23(32)18-12-19(24(33)27-15-3-4-15)31(28-18)13-17-11-20(34-29-17)21-5-6-22(25)35-21/h5-6,11-12,14-16H,3-4,7-10,13H2,1-2H3,(H,26,32)(H,27,33). The van der Waals surface area contributed by atoms with Crippen LogP contribution in [0.4, 0.5) is 0 Å². The van der Waals surface area contributed by atoms with Crippen molar-refractivity contribution in [1.82, 2.24) is 30.5 Å². The number of hydrogen-bond donors (Lipinski definition) is 2. The monoisotopic (exact) mass is 516 g/mol. The topological polar surface area (TPSA) is 105 Å². The second-order valence-electron chi connectivity index (χ2n) is 9.48. The molecular formula is C24H29ClN6O3S. The maximum atomic E-state index is 13.0. The van der Waals surface area contributed by atoms with E-state index >= 15 is 0 Å². The number of piperidine rings is 1. The van der Waals surface area contributed by atoms with Gasteiger partial charge in [0.15, 0.2) is 11.5 Å². The first-order valence-electron chi connectivity index (χ1n) is 12.0. The van der Waals surface area contributed by atoms with Gasteiger partial charge in [0.2, 0.25) is 0 Å². The summed E-state index contributed by atoms with van der Waals surface area (Å²) in [4.78, 5) is 29.2. The van der Waals surface area contributed by atoms with E-state index < -0.39 is 0 Å². The van der Waals surface area contributed by atoms with Crippen LogP contribution in [0.15, 0.2) is 28.8 Å². The number of thiophene rings is 1. The largest absolute Gasteiger partial charge is 0.355 e. The van der Waals surface area contributed by atoms with Crippen molar-refractivity contribution >= 4 is 34.8 Å². The Hall–Kier alpha value is -2.69. The smallest absolute Gasteiger partial charge is 0.272 e. The molecule has 0 spiro atoms. The summed E-state index contributed by atoms with van der Waals surface area (Å²) in [5.74, 6) is 0.0954. The first-order valence-corrected chi connectivity index (χ1v) is 13.2. The number of hydrogen-bond acceptors (Lipinski definition) is 7. The zero-order valence-electron chi connectivity index (χ0n) is 19.8. The van der Waals surface area contributed by atoms with Crippen molar-refractivity contribution < 1.29 is 14.1 Å². The molecule has 0 atom stereocenters. The molecule has 11 heteroatoms. The SMILES string of the molecule is CC(C)N1CCC(NC(=O)c2cc(C(=O)NC3CC3)n(Cc3cc(-c4ccc(Cl)s4)on3)n2)CC1. The number of carbonyl (C=O) groups excluding carboxylic acids is 2. The molecule has 2 amide bonds. The Morgan fingerprint density at radius 2 is 1.83 bits per heavy atom. The van der Waals surface area contributed by atoms with Gasteiger partial charge in [0.25, 0.3) is 11.8 Å². The van der Waals surface area contributed by atoms with E-state index in [1.807, 2.05) is 6.07 Å². The molecule has 4 heterocycles. The Bertz CT molecular complexity index is 1210. The Labute approximate surface area is 212 Å². The molecule has 1 saturated heterocycles. The number of rotatable bonds is 8. The van der Waals surface area contributed by atoms with Gasteiger partial charge < -0.3 is 20.1 Å². The van der Waals surface area contributed by atoms with E-state index in [-0.39, 0.29) is 36.1 Å². The van der Waals surface area contributed by atoms with Crippen LogP contribution in [0, 0.1) is 0 Å². The fourth-order valence-electron chi connectivity index (χ4n) is 4.24. The number of halogens is 1. The van der Waals surface area contributed by atoms with E-state index in [9.17, 15) is 9.59 Å². The van der Waals surface area contributed by atoms with Gasteiger partial charge in [0.05, 0.1) is 15.8 Å². The van der Waals surface area contributed by atoms with Crippen LogP contribution < -0.4 is 10.6 Å². The zero-order valence-corrected chi connectivity index (χ0v) is 21.4. The lowest BCUT2D eigenvalue weighted by Crippen LogP contribution is -2.46. The molecular weight excluding hydrogens is 488 g/mol. The molecule has 0 unspecified atom stereocenters. The van der Waals surface area contributed by atoms with Gasteiger partial charge in [-0.05, 0) is 51.7 Å². The van der Waals surface area contributed by atoms with Crippen molar-refractivity contribution in [2.45, 2.75) is 64.2 Å². The second-order valence-corrected chi connectivity index (χ2v) is 11.2. The van der Waals surface area contributed by atoms with E-state index in [4.69, 9.17) is 16.1 Å². The van der Waals surface area contributed by atoms with Gasteiger partial charge in [0.1, 0.15) is 11.4 Å². The van der Waals surface area contributed by atoms with Gasteiger partial charge in [-0.1, -0.05) is 16.8 Å². The van der Waals surface area contributed by atoms with E-state index in [2.05, 4.69) is 39.6 Å². The Kier molecular flexibility index (Phi) is 6.95. The molecule has 0 radical (unpaired) electrons. The molecule has 0 aromatic carbocycles. The summed E-state index contributed by atoms with van der Waals surface area (Å²) < 4.78 is 7.65. The molecule has 9 nitrogen and oxygen atoms in total. The third-order valence-corrected chi connectivity index (χ3v) is 7.69. The van der Waals surface area contributed by atoms with Gasteiger partial charge in [-0.2, -0.15) is 5.10 Å². The van der Waals surface area contributed by atoms with Crippen LogP contribution in [-0.2, 0) is 6.54 Å². The molecule has 186 valence electrons. The number of aromatic nitrogens is 3. The highest BCUT2D eigenvalue weighted by atomic mass is 35.5. The van der Waals surface area contributed by atoms with Crippen LogP contribution in [0.2, 0.25) is 4.34 Å². The van der Waals surface area contributed by atoms with Crippen LogP contribution in [0.5, 0.6) is 0 Å². The lowest BCUT2D eigenvalue weighted by Gasteiger charge is -2.34. The van der Waals surface area contributed by atoms with E-state index in [1.54, 1.807) is 18.2 Å². The molecule has 1 saturated carbocycles. The van der Waals surface area contributed by atoms with Crippen molar-refractivity contribution in [1.29, 1.82) is 0 Å². The summed E-state index contributed by atoms with van der Waals surface area (Å²) in [6.45, 7) is 6.49. The second kappa shape index (κ2) is 10.1. The Morgan fingerprint density at radius 1 is 1.11 bits per heavy atom. The van der Waals surface area contributed by atoms with E-state index in [0.29, 0.717) is 27.5 Å². The van der Waals surface area contributed by atoms with Crippen molar-refractivity contribution in [2.75, 3.05) is 13.1 Å². The average molecular weight is 517 g/mol. The zero-order chi connectivity index (χ0) is 24.5. The van der Waals surface area contributed by atoms with Gasteiger partial charge in [-0.15, -0.1) is 11.3 Å². The lowest BCUT2D eigenvalue weighted by atomic mass is 10.0. The van der Waals surface area contributed by atoms with Gasteiger partial charge in [-0.25, -0.2) is 0 Å². The third-order valence-electron chi connectivity index (χ3n) is 6.44. The predicted molar refractivity (Wildman–Crippen MR) is 134 cm³/mol. The highest BCUT2D eigenvalue weighted by Gasteiger charge is 2.28. The van der Waals surface area contributed by atoms with Gasteiger partial charge in [-0.3, -0.25) is 14.3 Å². The summed E-state index contributed by atoms with van der Waals surface area (Å²) in [5.41, 5.74) is 1.16. The summed E-state index contributed by atoms with van der Waals surface area (Å²) in [5, 5.41) is 14.7. The summed E-state index contributed by atoms with van der Waals surface area (Å²) in [6.07, 6.45) is 3.73. The van der Waals surface area contributed by atoms with Crippen LogP contribution in [0.3, 0.4) is 0 Å². The minimum Gasteiger partial charge on any atom is -0.355 e. The fourth-order valence-corrected chi connectivity index (χ4v) is 5.23. The third kappa shape index (κ3) is 5.76. The first-order chi connectivity index (χ1) is 16.9. The number of nitrogens with one attached hydrogen (secondary N) is 2. The van der Waals surface area contributed by atoms with Crippen molar-refractivity contribution in [3.63, 3.8) is 0 Å². The normalized spacial score (nSPS) is 17.1. The van der Waals surface area contributed by atoms with Crippen molar-refractivity contribution in [2.24, 2.45) is 0 Å². The quantitative estimate of drug-likeness (QED) is 0.472. The number of carbonyl (C=O) groups is 2. The lowest BCUT2D eigenvalue weighted by molar-refractivity contribution is 0.0893. The molecule has 1 aliphatic carbocycles. The molecule has 2 N–H and O–H groups in total. The van der Waals surface area contributed by atoms with E-state index in [0.717, 1.165) is 43.6 Å². The number of amides is 2. The van der Waals surface area contributed by atoms with Crippen molar-refractivity contribution in [3.05, 3.63) is 45.7 Å². The van der Waals surface area contributed by atoms with E-state index in [1.165, 1.54) is 16.0 Å². The number of nitrogens with zero attached hydrogens (tertiary/aromatic N) is 4. The highest BCUT2D eigenvalue weighted by molar-refractivity contribution is 7.19. The Morgan fingerprint density at radius 3 is 2.49 bits per heavy atom. The highest BCUT2D eigenvalue weighted by Crippen LogP contribution is 2.31. The van der Waals surface area contributed by atoms with Crippen LogP contribution in [-0.4, -0.2) is 62.9 Å². The van der Waals surface area contributed by atoms with Crippen LogP contribution >= 0.6 is 22.9 Å². The molecule has 5 rings (SSSR count). The molecule has 1 aliphatic heterocycles. The summed E-state index contributed by atoms with van der Waals surface area (Å²) in [6, 6.07) is 7.83. The maximum absolute atomic E-state index is 13.0. The van der Waals surface area contributed by atoms with Crippen molar-refractivity contribution in [3.8, 4) is 10.6 Å². The summed E-state index contributed by atoms with van der Waals surface area (Å²) >= 11 is 7.43. The average Bonchev–Trinajstić information content (AvgIpc) is 3.20. The molecule has 3 aromatic heterocycles. The fraction of sp³-hybridized carbons (Fsp3) is 0.500. The van der Waals surface area contributed by atoms with Crippen LogP contribution in [0.25, 0.3) is 10.6 Å². The number of likely N-dealkylation sites (tertiary alicyclic amines) is 1. The first kappa shape index (κ1) is 24.0. The maximum Gasteiger partial charge on any atom is 0.272 e. The molecule has 2 aliphatic rings. The molecule has 35 heavy (non-hydrogen) atoms. The Balaban J connectivity index is 1.31. The molecule has 2 fully saturated rings. The molecule has 0 bridgehead atoms. The minimum atomic E-state index is -0.263. The predicted octanol–water partition coefficient (Wildman–Crippen LogP) is 3.80. The van der Waals surface area contributed by atoms with Gasteiger partial charge >= 0.3 is 0 Å². The minimum absolute atomic E-state index is 0.0992. The molecule has 3 aromatic rings.